The van der Waals surface area contributed by atoms with Crippen LogP contribution < -0.4 is 9.05 Å². The number of ether oxygens (including phenoxy) is 2. The van der Waals surface area contributed by atoms with Crippen molar-refractivity contribution in [1.29, 1.82) is 0 Å². The number of esters is 2. The number of methoxy groups -OCH3 is 2. The Balaban J connectivity index is 1.58. The van der Waals surface area contributed by atoms with Gasteiger partial charge >= 0.3 is 19.8 Å². The van der Waals surface area contributed by atoms with Crippen LogP contribution in [-0.2, 0) is 14.0 Å². The minimum absolute atomic E-state index is 0.174. The third kappa shape index (κ3) is 4.90. The Bertz CT molecular complexity index is 2050. The average molecular weight is 617 g/mol. The lowest BCUT2D eigenvalue weighted by Gasteiger charge is -2.18. The predicted molar refractivity (Wildman–Crippen MR) is 172 cm³/mol. The molecule has 1 aliphatic rings. The molecule has 0 aromatic heterocycles. The summed E-state index contributed by atoms with van der Waals surface area (Å²) in [6, 6.07) is 32.7. The van der Waals surface area contributed by atoms with E-state index in [0.29, 0.717) is 44.5 Å². The highest BCUT2D eigenvalue weighted by Gasteiger charge is 2.37. The number of fused-ring (bicyclic) bond motifs is 7. The summed E-state index contributed by atoms with van der Waals surface area (Å²) in [6.07, 6.45) is 0. The van der Waals surface area contributed by atoms with Crippen LogP contribution >= 0.6 is 7.82 Å². The van der Waals surface area contributed by atoms with Gasteiger partial charge in [0.25, 0.3) is 0 Å². The molecule has 222 valence electrons. The summed E-state index contributed by atoms with van der Waals surface area (Å²) in [6.45, 7) is 0. The van der Waals surface area contributed by atoms with E-state index in [1.807, 2.05) is 60.7 Å². The first-order valence-corrected chi connectivity index (χ1v) is 15.5. The molecule has 7 rings (SSSR count). The fourth-order valence-electron chi connectivity index (χ4n) is 5.83. The van der Waals surface area contributed by atoms with Gasteiger partial charge in [-0.1, -0.05) is 72.8 Å². The van der Waals surface area contributed by atoms with Crippen LogP contribution in [0.1, 0.15) is 20.7 Å². The van der Waals surface area contributed by atoms with Crippen molar-refractivity contribution in [1.82, 2.24) is 0 Å². The van der Waals surface area contributed by atoms with E-state index >= 15 is 0 Å². The summed E-state index contributed by atoms with van der Waals surface area (Å²) in [5, 5.41) is 3.31. The number of hydrogen-bond acceptors (Lipinski definition) is 7. The molecule has 0 aliphatic carbocycles. The van der Waals surface area contributed by atoms with Gasteiger partial charge in [0.05, 0.1) is 25.3 Å². The van der Waals surface area contributed by atoms with Crippen LogP contribution in [0.2, 0.25) is 0 Å². The van der Waals surface area contributed by atoms with Crippen LogP contribution in [0.3, 0.4) is 0 Å². The molecular weight excluding hydrogens is 591 g/mol. The molecule has 0 bridgehead atoms. The molecule has 1 heterocycles. The van der Waals surface area contributed by atoms with Gasteiger partial charge in [0.15, 0.2) is 0 Å². The number of carbonyl (C=O) groups excluding carboxylic acids is 2. The maximum Gasteiger partial charge on any atom is 0.584 e. The second kappa shape index (κ2) is 10.9. The first-order valence-electron chi connectivity index (χ1n) is 14.0. The van der Waals surface area contributed by atoms with Gasteiger partial charge in [-0.05, 0) is 69.1 Å². The predicted octanol–water partition coefficient (Wildman–Crippen LogP) is 8.44. The van der Waals surface area contributed by atoms with E-state index in [1.54, 1.807) is 48.5 Å². The van der Waals surface area contributed by atoms with Gasteiger partial charge < -0.3 is 18.5 Å². The fourth-order valence-corrected chi connectivity index (χ4v) is 6.71. The molecule has 1 aliphatic heterocycles. The monoisotopic (exact) mass is 616 g/mol. The van der Waals surface area contributed by atoms with Gasteiger partial charge in [-0.3, -0.25) is 4.89 Å². The van der Waals surface area contributed by atoms with Gasteiger partial charge in [-0.15, -0.1) is 0 Å². The number of hydrogen-bond donors (Lipinski definition) is 1. The van der Waals surface area contributed by atoms with Gasteiger partial charge in [0.1, 0.15) is 11.5 Å². The minimum atomic E-state index is -4.75. The van der Waals surface area contributed by atoms with E-state index in [4.69, 9.17) is 18.5 Å². The molecule has 0 unspecified atom stereocenters. The standard InChI is InChI=1S/C36H25O8P/c1-41-35(37)23-15-11-21(12-16-23)29-19-25-7-3-5-9-27(25)31-32-28-10-6-4-8-26(28)20-30(34(32)44-45(39,40)43-33(29)31)22-13-17-24(18-14-22)36(38)42-2/h3-20H,1-2H3,(H,39,40). The molecule has 6 aromatic carbocycles. The topological polar surface area (TPSA) is 108 Å². The zero-order chi connectivity index (χ0) is 31.3. The van der Waals surface area contributed by atoms with Crippen molar-refractivity contribution in [2.45, 2.75) is 0 Å². The summed E-state index contributed by atoms with van der Waals surface area (Å²) in [5.41, 5.74) is 4.32. The molecule has 6 aromatic rings. The summed E-state index contributed by atoms with van der Waals surface area (Å²) >= 11 is 0. The van der Waals surface area contributed by atoms with Crippen molar-refractivity contribution >= 4 is 41.3 Å². The molecule has 0 saturated carbocycles. The van der Waals surface area contributed by atoms with Crippen LogP contribution in [0.15, 0.2) is 109 Å². The lowest BCUT2D eigenvalue weighted by atomic mass is 9.86. The molecule has 0 spiro atoms. The Kier molecular flexibility index (Phi) is 6.89. The molecular formula is C36H25O8P. The Morgan fingerprint density at radius 2 is 0.978 bits per heavy atom. The maximum absolute atomic E-state index is 13.8. The zero-order valence-electron chi connectivity index (χ0n) is 24.1. The SMILES string of the molecule is COC(=O)c1ccc(-c2cc3ccccc3c3c2OP(=O)(O)Oc2c(-c4ccc(C(=O)OC)cc4)cc4ccccc4c2-3)cc1. The average Bonchev–Trinajstić information content (AvgIpc) is 3.20. The van der Waals surface area contributed by atoms with Gasteiger partial charge in [-0.25, -0.2) is 14.2 Å². The van der Waals surface area contributed by atoms with E-state index in [1.165, 1.54) is 14.2 Å². The van der Waals surface area contributed by atoms with Crippen molar-refractivity contribution in [3.63, 3.8) is 0 Å². The second-order valence-corrected chi connectivity index (χ2v) is 11.8. The van der Waals surface area contributed by atoms with Crippen LogP contribution in [-0.4, -0.2) is 31.1 Å². The molecule has 0 atom stereocenters. The van der Waals surface area contributed by atoms with E-state index in [0.717, 1.165) is 21.5 Å². The minimum Gasteiger partial charge on any atom is -0.465 e. The molecule has 9 heteroatoms. The highest BCUT2D eigenvalue weighted by Crippen LogP contribution is 2.61. The van der Waals surface area contributed by atoms with E-state index in [-0.39, 0.29) is 11.5 Å². The molecule has 0 fully saturated rings. The Morgan fingerprint density at radius 3 is 1.36 bits per heavy atom. The fraction of sp³-hybridized carbons (Fsp3) is 0.0556. The summed E-state index contributed by atoms with van der Waals surface area (Å²) < 4.78 is 35.4. The van der Waals surface area contributed by atoms with Crippen molar-refractivity contribution in [3.8, 4) is 44.9 Å². The van der Waals surface area contributed by atoms with Gasteiger partial charge in [0.2, 0.25) is 0 Å². The van der Waals surface area contributed by atoms with E-state index in [2.05, 4.69) is 0 Å². The highest BCUT2D eigenvalue weighted by molar-refractivity contribution is 7.48. The summed E-state index contributed by atoms with van der Waals surface area (Å²) in [4.78, 5) is 35.5. The normalized spacial score (nSPS) is 13.1. The lowest BCUT2D eigenvalue weighted by Crippen LogP contribution is -2.01. The molecule has 0 radical (unpaired) electrons. The quantitative estimate of drug-likeness (QED) is 0.155. The highest BCUT2D eigenvalue weighted by atomic mass is 31.2. The lowest BCUT2D eigenvalue weighted by molar-refractivity contribution is 0.0592. The third-order valence-corrected chi connectivity index (χ3v) is 8.73. The smallest absolute Gasteiger partial charge is 0.465 e. The third-order valence-electron chi connectivity index (χ3n) is 7.90. The number of benzene rings is 6. The Morgan fingerprint density at radius 1 is 0.600 bits per heavy atom. The Hall–Kier alpha value is -5.43. The zero-order valence-corrected chi connectivity index (χ0v) is 25.0. The van der Waals surface area contributed by atoms with Crippen molar-refractivity contribution < 1.29 is 37.6 Å². The summed E-state index contributed by atoms with van der Waals surface area (Å²) in [7, 11) is -2.12. The van der Waals surface area contributed by atoms with Gasteiger partial charge in [-0.2, -0.15) is 0 Å². The maximum atomic E-state index is 13.8. The van der Waals surface area contributed by atoms with Crippen LogP contribution in [0, 0.1) is 0 Å². The van der Waals surface area contributed by atoms with Crippen LogP contribution in [0.5, 0.6) is 11.5 Å². The molecule has 8 nitrogen and oxygen atoms in total. The van der Waals surface area contributed by atoms with E-state index < -0.39 is 19.8 Å². The number of carbonyl (C=O) groups is 2. The second-order valence-electron chi connectivity index (χ2n) is 10.5. The van der Waals surface area contributed by atoms with Crippen molar-refractivity contribution in [2.75, 3.05) is 14.2 Å². The summed E-state index contributed by atoms with van der Waals surface area (Å²) in [5.74, 6) is -0.605. The molecule has 0 amide bonds. The van der Waals surface area contributed by atoms with Crippen molar-refractivity contribution in [3.05, 3.63) is 120 Å². The molecule has 1 N–H and O–H groups in total. The largest absolute Gasteiger partial charge is 0.584 e. The number of phosphoric acid groups is 1. The van der Waals surface area contributed by atoms with Crippen molar-refractivity contribution in [2.24, 2.45) is 0 Å². The first kappa shape index (κ1) is 28.3. The van der Waals surface area contributed by atoms with Crippen LogP contribution in [0.4, 0.5) is 0 Å². The Labute approximate surface area is 258 Å². The first-order chi connectivity index (χ1) is 21.8. The van der Waals surface area contributed by atoms with Gasteiger partial charge in [0, 0.05) is 22.3 Å². The molecule has 45 heavy (non-hydrogen) atoms. The number of phosphoric ester groups is 1. The van der Waals surface area contributed by atoms with Crippen LogP contribution in [0.25, 0.3) is 54.9 Å². The van der Waals surface area contributed by atoms with E-state index in [9.17, 15) is 19.0 Å². The number of rotatable bonds is 4. The molecule has 0 saturated heterocycles.